The summed E-state index contributed by atoms with van der Waals surface area (Å²) >= 11 is 0. The number of aromatic nitrogens is 2. The number of fused-ring (bicyclic) bond motifs is 1. The molecule has 132 valence electrons. The summed E-state index contributed by atoms with van der Waals surface area (Å²) in [5.41, 5.74) is 2.42. The number of benzene rings is 1. The van der Waals surface area contributed by atoms with Crippen molar-refractivity contribution in [1.82, 2.24) is 14.7 Å². The molecule has 0 bridgehead atoms. The third-order valence-electron chi connectivity index (χ3n) is 5.31. The van der Waals surface area contributed by atoms with Gasteiger partial charge in [0, 0.05) is 37.1 Å². The second-order valence-corrected chi connectivity index (χ2v) is 6.76. The van der Waals surface area contributed by atoms with E-state index in [9.17, 15) is 5.11 Å². The van der Waals surface area contributed by atoms with E-state index in [1.54, 1.807) is 10.9 Å². The zero-order valence-electron chi connectivity index (χ0n) is 14.4. The van der Waals surface area contributed by atoms with Crippen LogP contribution in [0.2, 0.25) is 0 Å². The molecule has 0 aliphatic carbocycles. The number of hydrogen-bond donors (Lipinski definition) is 1. The minimum atomic E-state index is -0.808. The van der Waals surface area contributed by atoms with Crippen LogP contribution in [0.3, 0.4) is 0 Å². The van der Waals surface area contributed by atoms with Crippen LogP contribution < -0.4 is 9.47 Å². The van der Waals surface area contributed by atoms with Crippen molar-refractivity contribution < 1.29 is 14.6 Å². The third-order valence-corrected chi connectivity index (χ3v) is 5.31. The molecule has 3 heterocycles. The largest absolute Gasteiger partial charge is 0.454 e. The molecule has 6 heteroatoms. The zero-order valence-corrected chi connectivity index (χ0v) is 14.4. The lowest BCUT2D eigenvalue weighted by Crippen LogP contribution is -2.42. The summed E-state index contributed by atoms with van der Waals surface area (Å²) in [6.07, 6.45) is 5.01. The lowest BCUT2D eigenvalue weighted by molar-refractivity contribution is -0.0278. The molecule has 1 aromatic heterocycles. The SMILES string of the molecule is C=Cn1ncc(CN2CCC(O)(c3ccc4c(c3)OCO4)CC2)c1C. The van der Waals surface area contributed by atoms with Crippen molar-refractivity contribution in [2.45, 2.75) is 31.9 Å². The molecule has 0 radical (unpaired) electrons. The fraction of sp³-hybridized carbons (Fsp3) is 0.421. The van der Waals surface area contributed by atoms with Crippen molar-refractivity contribution in [2.24, 2.45) is 0 Å². The van der Waals surface area contributed by atoms with Crippen LogP contribution in [0.1, 0.15) is 29.7 Å². The molecular formula is C19H23N3O3. The van der Waals surface area contributed by atoms with Crippen molar-refractivity contribution >= 4 is 6.20 Å². The first-order chi connectivity index (χ1) is 12.1. The van der Waals surface area contributed by atoms with E-state index in [1.165, 1.54) is 5.56 Å². The fourth-order valence-electron chi connectivity index (χ4n) is 3.59. The average molecular weight is 341 g/mol. The highest BCUT2D eigenvalue weighted by atomic mass is 16.7. The van der Waals surface area contributed by atoms with E-state index in [0.29, 0.717) is 12.8 Å². The Morgan fingerprint density at radius 3 is 2.76 bits per heavy atom. The first kappa shape index (κ1) is 16.2. The Morgan fingerprint density at radius 1 is 1.28 bits per heavy atom. The Morgan fingerprint density at radius 2 is 2.04 bits per heavy atom. The van der Waals surface area contributed by atoms with Crippen LogP contribution in [0.15, 0.2) is 31.0 Å². The monoisotopic (exact) mass is 341 g/mol. The maximum absolute atomic E-state index is 11.1. The molecular weight excluding hydrogens is 318 g/mol. The first-order valence-electron chi connectivity index (χ1n) is 8.59. The van der Waals surface area contributed by atoms with Gasteiger partial charge >= 0.3 is 0 Å². The van der Waals surface area contributed by atoms with E-state index in [-0.39, 0.29) is 6.79 Å². The summed E-state index contributed by atoms with van der Waals surface area (Å²) in [6.45, 7) is 8.59. The van der Waals surface area contributed by atoms with Crippen LogP contribution >= 0.6 is 0 Å². The Balaban J connectivity index is 1.43. The topological polar surface area (TPSA) is 59.8 Å². The Bertz CT molecular complexity index is 791. The van der Waals surface area contributed by atoms with Gasteiger partial charge in [-0.3, -0.25) is 4.90 Å². The summed E-state index contributed by atoms with van der Waals surface area (Å²) in [5.74, 6) is 1.47. The number of aliphatic hydroxyl groups is 1. The van der Waals surface area contributed by atoms with Gasteiger partial charge < -0.3 is 14.6 Å². The Hall–Kier alpha value is -2.31. The molecule has 0 unspecified atom stereocenters. The minimum absolute atomic E-state index is 0.253. The van der Waals surface area contributed by atoms with Gasteiger partial charge in [0.25, 0.3) is 0 Å². The van der Waals surface area contributed by atoms with Crippen molar-refractivity contribution in [2.75, 3.05) is 19.9 Å². The maximum atomic E-state index is 11.1. The average Bonchev–Trinajstić information content (AvgIpc) is 3.23. The summed E-state index contributed by atoms with van der Waals surface area (Å²) in [4.78, 5) is 2.36. The van der Waals surface area contributed by atoms with Crippen molar-refractivity contribution in [1.29, 1.82) is 0 Å². The van der Waals surface area contributed by atoms with Crippen LogP contribution in [0.25, 0.3) is 6.20 Å². The second-order valence-electron chi connectivity index (χ2n) is 6.76. The second kappa shape index (κ2) is 6.20. The standard InChI is InChI=1S/C19H23N3O3/c1-3-22-14(2)15(11-20-22)12-21-8-6-19(23,7-9-21)16-4-5-17-18(10-16)25-13-24-17/h3-5,10-11,23H,1,6-9,12-13H2,2H3. The smallest absolute Gasteiger partial charge is 0.231 e. The van der Waals surface area contributed by atoms with E-state index in [1.807, 2.05) is 24.4 Å². The van der Waals surface area contributed by atoms with Gasteiger partial charge in [-0.25, -0.2) is 4.68 Å². The molecule has 2 aliphatic heterocycles. The molecule has 1 fully saturated rings. The number of likely N-dealkylation sites (tertiary alicyclic amines) is 1. The Kier molecular flexibility index (Phi) is 4.01. The first-order valence-corrected chi connectivity index (χ1v) is 8.59. The van der Waals surface area contributed by atoms with Gasteiger partial charge in [0.15, 0.2) is 11.5 Å². The molecule has 1 N–H and O–H groups in total. The highest BCUT2D eigenvalue weighted by molar-refractivity contribution is 5.46. The molecule has 0 atom stereocenters. The molecule has 0 amide bonds. The normalized spacial score (nSPS) is 19.1. The number of piperidine rings is 1. The van der Waals surface area contributed by atoms with Crippen molar-refractivity contribution in [3.63, 3.8) is 0 Å². The van der Waals surface area contributed by atoms with E-state index < -0.39 is 5.60 Å². The highest BCUT2D eigenvalue weighted by Gasteiger charge is 2.35. The molecule has 0 saturated carbocycles. The quantitative estimate of drug-likeness (QED) is 0.926. The molecule has 2 aromatic rings. The van der Waals surface area contributed by atoms with Crippen LogP contribution in [-0.2, 0) is 12.1 Å². The van der Waals surface area contributed by atoms with Crippen LogP contribution in [0.5, 0.6) is 11.5 Å². The fourth-order valence-corrected chi connectivity index (χ4v) is 3.59. The van der Waals surface area contributed by atoms with Gasteiger partial charge in [-0.15, -0.1) is 0 Å². The Labute approximate surface area is 147 Å². The van der Waals surface area contributed by atoms with Crippen LogP contribution in [-0.4, -0.2) is 39.7 Å². The molecule has 6 nitrogen and oxygen atoms in total. The number of rotatable bonds is 4. The van der Waals surface area contributed by atoms with E-state index >= 15 is 0 Å². The van der Waals surface area contributed by atoms with E-state index in [4.69, 9.17) is 9.47 Å². The van der Waals surface area contributed by atoms with Gasteiger partial charge in [-0.05, 0) is 37.5 Å². The van der Waals surface area contributed by atoms with E-state index in [2.05, 4.69) is 23.5 Å². The molecule has 1 aromatic carbocycles. The van der Waals surface area contributed by atoms with Gasteiger partial charge in [0.2, 0.25) is 6.79 Å². The zero-order chi connectivity index (χ0) is 17.4. The number of ether oxygens (including phenoxy) is 2. The highest BCUT2D eigenvalue weighted by Crippen LogP contribution is 2.39. The number of nitrogens with zero attached hydrogens (tertiary/aromatic N) is 3. The van der Waals surface area contributed by atoms with Gasteiger partial charge in [-0.2, -0.15) is 5.10 Å². The van der Waals surface area contributed by atoms with Gasteiger partial charge in [-0.1, -0.05) is 12.6 Å². The predicted molar refractivity (Wildman–Crippen MR) is 94.3 cm³/mol. The molecule has 1 saturated heterocycles. The summed E-state index contributed by atoms with van der Waals surface area (Å²) < 4.78 is 12.6. The molecule has 0 spiro atoms. The lowest BCUT2D eigenvalue weighted by atomic mass is 9.84. The summed E-state index contributed by atoms with van der Waals surface area (Å²) in [6, 6.07) is 5.74. The number of hydrogen-bond acceptors (Lipinski definition) is 5. The minimum Gasteiger partial charge on any atom is -0.454 e. The maximum Gasteiger partial charge on any atom is 0.231 e. The van der Waals surface area contributed by atoms with Crippen molar-refractivity contribution in [3.05, 3.63) is 47.8 Å². The van der Waals surface area contributed by atoms with Crippen LogP contribution in [0.4, 0.5) is 0 Å². The molecule has 2 aliphatic rings. The third kappa shape index (κ3) is 2.92. The summed E-state index contributed by atoms with van der Waals surface area (Å²) in [7, 11) is 0. The van der Waals surface area contributed by atoms with Gasteiger partial charge in [0.1, 0.15) is 0 Å². The van der Waals surface area contributed by atoms with E-state index in [0.717, 1.165) is 42.4 Å². The molecule has 4 rings (SSSR count). The lowest BCUT2D eigenvalue weighted by Gasteiger charge is -2.38. The van der Waals surface area contributed by atoms with Crippen molar-refractivity contribution in [3.8, 4) is 11.5 Å². The van der Waals surface area contributed by atoms with Gasteiger partial charge in [0.05, 0.1) is 11.8 Å². The molecule has 25 heavy (non-hydrogen) atoms. The summed E-state index contributed by atoms with van der Waals surface area (Å²) in [5, 5.41) is 15.4. The van der Waals surface area contributed by atoms with Crippen LogP contribution in [0, 0.1) is 6.92 Å². The predicted octanol–water partition coefficient (Wildman–Crippen LogP) is 2.50.